The van der Waals surface area contributed by atoms with Gasteiger partial charge in [-0.1, -0.05) is 19.4 Å². The number of hydrogen-bond donors (Lipinski definition) is 1. The van der Waals surface area contributed by atoms with Gasteiger partial charge in [-0.15, -0.1) is 0 Å². The van der Waals surface area contributed by atoms with Crippen LogP contribution in [-0.2, 0) is 16.4 Å². The quantitative estimate of drug-likeness (QED) is 0.846. The number of nitrogens with two attached hydrogens (primary N) is 1. The van der Waals surface area contributed by atoms with E-state index in [1.165, 1.54) is 7.11 Å². The Morgan fingerprint density at radius 1 is 1.40 bits per heavy atom. The Labute approximate surface area is 90.1 Å². The van der Waals surface area contributed by atoms with E-state index in [2.05, 4.69) is 0 Å². The van der Waals surface area contributed by atoms with Gasteiger partial charge >= 0.3 is 0 Å². The molecule has 0 amide bonds. The molecule has 2 N–H and O–H groups in total. The standard InChI is InChI=1S/C10H15NO3S/c1-3-4-8-5-6-9(14-2)10(7-8)15(11,12)13/h5-7H,3-4H2,1-2H3,(H2,11,12,13). The van der Waals surface area contributed by atoms with Gasteiger partial charge in [-0.25, -0.2) is 13.6 Å². The third-order valence-electron chi connectivity index (χ3n) is 2.07. The lowest BCUT2D eigenvalue weighted by Crippen LogP contribution is -2.13. The largest absolute Gasteiger partial charge is 0.495 e. The maximum atomic E-state index is 11.3. The monoisotopic (exact) mass is 229 g/mol. The average molecular weight is 229 g/mol. The Morgan fingerprint density at radius 2 is 2.07 bits per heavy atom. The number of rotatable bonds is 4. The van der Waals surface area contributed by atoms with Crippen molar-refractivity contribution in [2.75, 3.05) is 7.11 Å². The molecule has 1 aromatic rings. The number of hydrogen-bond acceptors (Lipinski definition) is 3. The predicted molar refractivity (Wildman–Crippen MR) is 58.4 cm³/mol. The van der Waals surface area contributed by atoms with Crippen molar-refractivity contribution in [3.63, 3.8) is 0 Å². The zero-order chi connectivity index (χ0) is 11.5. The highest BCUT2D eigenvalue weighted by atomic mass is 32.2. The van der Waals surface area contributed by atoms with Crippen LogP contribution in [0.4, 0.5) is 0 Å². The molecule has 0 aliphatic rings. The Morgan fingerprint density at radius 3 is 2.53 bits per heavy atom. The fourth-order valence-electron chi connectivity index (χ4n) is 1.39. The van der Waals surface area contributed by atoms with E-state index in [1.807, 2.05) is 13.0 Å². The van der Waals surface area contributed by atoms with E-state index in [-0.39, 0.29) is 10.6 Å². The fourth-order valence-corrected chi connectivity index (χ4v) is 2.14. The van der Waals surface area contributed by atoms with Crippen LogP contribution < -0.4 is 9.88 Å². The molecule has 0 spiro atoms. The number of benzene rings is 1. The zero-order valence-corrected chi connectivity index (χ0v) is 9.67. The number of ether oxygens (including phenoxy) is 1. The first-order valence-corrected chi connectivity index (χ1v) is 6.23. The van der Waals surface area contributed by atoms with Crippen molar-refractivity contribution in [1.82, 2.24) is 0 Å². The van der Waals surface area contributed by atoms with Crippen molar-refractivity contribution in [3.8, 4) is 5.75 Å². The van der Waals surface area contributed by atoms with Crippen LogP contribution in [0.2, 0.25) is 0 Å². The van der Waals surface area contributed by atoms with Crippen LogP contribution in [0, 0.1) is 0 Å². The minimum atomic E-state index is -3.71. The molecule has 0 radical (unpaired) electrons. The van der Waals surface area contributed by atoms with Gasteiger partial charge in [0.2, 0.25) is 10.0 Å². The van der Waals surface area contributed by atoms with Gasteiger partial charge in [0.15, 0.2) is 0 Å². The van der Waals surface area contributed by atoms with Crippen LogP contribution in [0.15, 0.2) is 23.1 Å². The molecule has 1 aromatic carbocycles. The molecule has 0 saturated heterocycles. The Kier molecular flexibility index (Phi) is 3.71. The van der Waals surface area contributed by atoms with Gasteiger partial charge in [0.1, 0.15) is 10.6 Å². The molecule has 0 aliphatic heterocycles. The van der Waals surface area contributed by atoms with Gasteiger partial charge in [-0.3, -0.25) is 0 Å². The highest BCUT2D eigenvalue weighted by Gasteiger charge is 2.14. The van der Waals surface area contributed by atoms with E-state index in [0.29, 0.717) is 0 Å². The van der Waals surface area contributed by atoms with Gasteiger partial charge in [-0.05, 0) is 24.1 Å². The predicted octanol–water partition coefficient (Wildman–Crippen LogP) is 1.30. The smallest absolute Gasteiger partial charge is 0.241 e. The Bertz CT molecular complexity index is 440. The molecule has 0 atom stereocenters. The summed E-state index contributed by atoms with van der Waals surface area (Å²) in [6.45, 7) is 2.03. The summed E-state index contributed by atoms with van der Waals surface area (Å²) in [7, 11) is -2.29. The summed E-state index contributed by atoms with van der Waals surface area (Å²) in [6.07, 6.45) is 1.78. The van der Waals surface area contributed by atoms with Crippen LogP contribution in [0.1, 0.15) is 18.9 Å². The third kappa shape index (κ3) is 2.94. The highest BCUT2D eigenvalue weighted by Crippen LogP contribution is 2.24. The molecule has 0 heterocycles. The summed E-state index contributed by atoms with van der Waals surface area (Å²) < 4.78 is 27.5. The van der Waals surface area contributed by atoms with Gasteiger partial charge in [0, 0.05) is 0 Å². The average Bonchev–Trinajstić information content (AvgIpc) is 2.17. The van der Waals surface area contributed by atoms with E-state index >= 15 is 0 Å². The molecule has 5 heteroatoms. The molecule has 0 aromatic heterocycles. The number of methoxy groups -OCH3 is 1. The van der Waals surface area contributed by atoms with Gasteiger partial charge in [-0.2, -0.15) is 0 Å². The summed E-state index contributed by atoms with van der Waals surface area (Å²) in [6, 6.07) is 5.04. The topological polar surface area (TPSA) is 69.4 Å². The number of sulfonamides is 1. The van der Waals surface area contributed by atoms with Crippen LogP contribution in [0.25, 0.3) is 0 Å². The summed E-state index contributed by atoms with van der Waals surface area (Å²) in [5, 5.41) is 5.09. The van der Waals surface area contributed by atoms with Crippen molar-refractivity contribution in [2.45, 2.75) is 24.7 Å². The van der Waals surface area contributed by atoms with E-state index in [9.17, 15) is 8.42 Å². The first-order valence-electron chi connectivity index (χ1n) is 4.68. The first kappa shape index (κ1) is 12.0. The van der Waals surface area contributed by atoms with Crippen molar-refractivity contribution < 1.29 is 13.2 Å². The fraction of sp³-hybridized carbons (Fsp3) is 0.400. The molecule has 0 unspecified atom stereocenters. The third-order valence-corrected chi connectivity index (χ3v) is 3.01. The van der Waals surface area contributed by atoms with E-state index in [1.54, 1.807) is 12.1 Å². The molecule has 0 fully saturated rings. The first-order chi connectivity index (χ1) is 6.99. The molecule has 0 saturated carbocycles. The van der Waals surface area contributed by atoms with Crippen LogP contribution >= 0.6 is 0 Å². The summed E-state index contributed by atoms with van der Waals surface area (Å²) in [5.41, 5.74) is 0.947. The molecule has 15 heavy (non-hydrogen) atoms. The molecule has 0 bridgehead atoms. The summed E-state index contributed by atoms with van der Waals surface area (Å²) in [4.78, 5) is 0.0518. The molecular formula is C10H15NO3S. The number of primary sulfonamides is 1. The van der Waals surface area contributed by atoms with Crippen LogP contribution in [0.5, 0.6) is 5.75 Å². The minimum Gasteiger partial charge on any atom is -0.495 e. The lowest BCUT2D eigenvalue weighted by Gasteiger charge is -2.08. The SMILES string of the molecule is CCCc1ccc(OC)c(S(N)(=O)=O)c1. The van der Waals surface area contributed by atoms with Crippen molar-refractivity contribution >= 4 is 10.0 Å². The lowest BCUT2D eigenvalue weighted by molar-refractivity contribution is 0.402. The molecular weight excluding hydrogens is 214 g/mol. The minimum absolute atomic E-state index is 0.0518. The highest BCUT2D eigenvalue weighted by molar-refractivity contribution is 7.89. The van der Waals surface area contributed by atoms with Crippen LogP contribution in [0.3, 0.4) is 0 Å². The summed E-state index contributed by atoms with van der Waals surface area (Å²) in [5.74, 6) is 0.289. The molecule has 1 rings (SSSR count). The van der Waals surface area contributed by atoms with Crippen molar-refractivity contribution in [3.05, 3.63) is 23.8 Å². The van der Waals surface area contributed by atoms with Crippen molar-refractivity contribution in [1.29, 1.82) is 0 Å². The Hall–Kier alpha value is -1.07. The summed E-state index contributed by atoms with van der Waals surface area (Å²) >= 11 is 0. The normalized spacial score (nSPS) is 11.4. The lowest BCUT2D eigenvalue weighted by atomic mass is 10.1. The second-order valence-corrected chi connectivity index (χ2v) is 4.81. The number of aryl methyl sites for hydroxylation is 1. The maximum absolute atomic E-state index is 11.3. The van der Waals surface area contributed by atoms with E-state index in [4.69, 9.17) is 9.88 Å². The Balaban J connectivity index is 3.26. The molecule has 84 valence electrons. The molecule has 0 aliphatic carbocycles. The van der Waals surface area contributed by atoms with Crippen molar-refractivity contribution in [2.24, 2.45) is 5.14 Å². The van der Waals surface area contributed by atoms with E-state index in [0.717, 1.165) is 18.4 Å². The second kappa shape index (κ2) is 4.63. The zero-order valence-electron chi connectivity index (χ0n) is 8.86. The van der Waals surface area contributed by atoms with E-state index < -0.39 is 10.0 Å². The molecule has 4 nitrogen and oxygen atoms in total. The van der Waals surface area contributed by atoms with Crippen LogP contribution in [-0.4, -0.2) is 15.5 Å². The van der Waals surface area contributed by atoms with Gasteiger partial charge < -0.3 is 4.74 Å². The maximum Gasteiger partial charge on any atom is 0.241 e. The van der Waals surface area contributed by atoms with Gasteiger partial charge in [0.05, 0.1) is 7.11 Å². The van der Waals surface area contributed by atoms with Gasteiger partial charge in [0.25, 0.3) is 0 Å². The second-order valence-electron chi connectivity index (χ2n) is 3.28.